The monoisotopic (exact) mass is 233 g/mol. The molecular formula is C11H23NO2S. The molecule has 0 aliphatic carbocycles. The average molecular weight is 233 g/mol. The van der Waals surface area contributed by atoms with Crippen molar-refractivity contribution in [3.63, 3.8) is 0 Å². The maximum atomic E-state index is 11.4. The summed E-state index contributed by atoms with van der Waals surface area (Å²) in [4.78, 5) is 11.4. The molecule has 0 spiro atoms. The minimum absolute atomic E-state index is 0.135. The molecule has 0 saturated carbocycles. The van der Waals surface area contributed by atoms with E-state index in [1.807, 2.05) is 11.8 Å². The van der Waals surface area contributed by atoms with Crippen LogP contribution in [0.1, 0.15) is 26.7 Å². The van der Waals surface area contributed by atoms with Crippen LogP contribution >= 0.6 is 11.8 Å². The maximum absolute atomic E-state index is 11.4. The first-order valence-corrected chi connectivity index (χ1v) is 6.81. The highest BCUT2D eigenvalue weighted by molar-refractivity contribution is 7.98. The van der Waals surface area contributed by atoms with Crippen LogP contribution in [-0.2, 0) is 9.53 Å². The summed E-state index contributed by atoms with van der Waals surface area (Å²) in [5, 5.41) is 3.24. The number of methoxy groups -OCH3 is 1. The number of ether oxygens (including phenoxy) is 1. The molecule has 0 aliphatic heterocycles. The normalized spacial score (nSPS) is 12.9. The van der Waals surface area contributed by atoms with E-state index < -0.39 is 0 Å². The van der Waals surface area contributed by atoms with E-state index in [4.69, 9.17) is 4.74 Å². The Morgan fingerprint density at radius 3 is 2.60 bits per heavy atom. The molecule has 0 heterocycles. The first-order chi connectivity index (χ1) is 7.11. The van der Waals surface area contributed by atoms with Crippen LogP contribution in [0.5, 0.6) is 0 Å². The lowest BCUT2D eigenvalue weighted by molar-refractivity contribution is -0.143. The van der Waals surface area contributed by atoms with Crippen molar-refractivity contribution in [2.24, 2.45) is 5.92 Å². The Morgan fingerprint density at radius 2 is 2.13 bits per heavy atom. The molecule has 4 heteroatoms. The number of rotatable bonds is 8. The van der Waals surface area contributed by atoms with Crippen LogP contribution in [0, 0.1) is 5.92 Å². The quantitative estimate of drug-likeness (QED) is 0.513. The SMILES string of the molecule is COC(=O)C(CCCSC)NCC(C)C. The van der Waals surface area contributed by atoms with Gasteiger partial charge in [-0.25, -0.2) is 0 Å². The zero-order valence-electron chi connectivity index (χ0n) is 10.2. The predicted molar refractivity (Wildman–Crippen MR) is 66.3 cm³/mol. The van der Waals surface area contributed by atoms with Gasteiger partial charge in [0.05, 0.1) is 7.11 Å². The van der Waals surface area contributed by atoms with E-state index in [-0.39, 0.29) is 12.0 Å². The summed E-state index contributed by atoms with van der Waals surface area (Å²) >= 11 is 1.81. The van der Waals surface area contributed by atoms with Gasteiger partial charge in [-0.15, -0.1) is 0 Å². The topological polar surface area (TPSA) is 38.3 Å². The van der Waals surface area contributed by atoms with Crippen molar-refractivity contribution < 1.29 is 9.53 Å². The Balaban J connectivity index is 3.89. The van der Waals surface area contributed by atoms with Gasteiger partial charge in [0.1, 0.15) is 6.04 Å². The molecule has 0 bridgehead atoms. The fourth-order valence-electron chi connectivity index (χ4n) is 1.26. The lowest BCUT2D eigenvalue weighted by atomic mass is 10.1. The van der Waals surface area contributed by atoms with Crippen molar-refractivity contribution in [1.82, 2.24) is 5.32 Å². The second kappa shape index (κ2) is 9.04. The third-order valence-electron chi connectivity index (χ3n) is 2.10. The molecule has 90 valence electrons. The van der Waals surface area contributed by atoms with E-state index >= 15 is 0 Å². The average Bonchev–Trinajstić information content (AvgIpc) is 2.21. The van der Waals surface area contributed by atoms with E-state index in [1.165, 1.54) is 7.11 Å². The fraction of sp³-hybridized carbons (Fsp3) is 0.909. The van der Waals surface area contributed by atoms with Gasteiger partial charge < -0.3 is 10.1 Å². The van der Waals surface area contributed by atoms with Gasteiger partial charge in [-0.3, -0.25) is 4.79 Å². The molecule has 3 nitrogen and oxygen atoms in total. The summed E-state index contributed by atoms with van der Waals surface area (Å²) < 4.78 is 4.77. The molecule has 15 heavy (non-hydrogen) atoms. The molecule has 1 unspecified atom stereocenters. The number of carbonyl (C=O) groups excluding carboxylic acids is 1. The Morgan fingerprint density at radius 1 is 1.47 bits per heavy atom. The van der Waals surface area contributed by atoms with E-state index in [1.54, 1.807) is 0 Å². The van der Waals surface area contributed by atoms with Crippen molar-refractivity contribution in [2.75, 3.05) is 25.7 Å². The number of hydrogen-bond donors (Lipinski definition) is 1. The minimum atomic E-state index is -0.142. The summed E-state index contributed by atoms with van der Waals surface area (Å²) in [6, 6.07) is -0.135. The molecule has 0 aromatic carbocycles. The van der Waals surface area contributed by atoms with Crippen LogP contribution in [0.15, 0.2) is 0 Å². The van der Waals surface area contributed by atoms with Gasteiger partial charge >= 0.3 is 5.97 Å². The molecule has 0 radical (unpaired) electrons. The summed E-state index contributed by atoms with van der Waals surface area (Å²) in [6.45, 7) is 5.12. The zero-order valence-corrected chi connectivity index (χ0v) is 11.0. The molecule has 0 aromatic rings. The second-order valence-electron chi connectivity index (χ2n) is 4.01. The van der Waals surface area contributed by atoms with Gasteiger partial charge in [-0.05, 0) is 37.3 Å². The Kier molecular flexibility index (Phi) is 8.91. The fourth-order valence-corrected chi connectivity index (χ4v) is 1.71. The van der Waals surface area contributed by atoms with Crippen molar-refractivity contribution in [3.8, 4) is 0 Å². The molecule has 0 aromatic heterocycles. The number of thioether (sulfide) groups is 1. The molecule has 0 amide bonds. The zero-order chi connectivity index (χ0) is 11.7. The highest BCUT2D eigenvalue weighted by atomic mass is 32.2. The second-order valence-corrected chi connectivity index (χ2v) is 5.00. The highest BCUT2D eigenvalue weighted by Gasteiger charge is 2.17. The smallest absolute Gasteiger partial charge is 0.322 e. The van der Waals surface area contributed by atoms with Gasteiger partial charge in [-0.1, -0.05) is 13.8 Å². The highest BCUT2D eigenvalue weighted by Crippen LogP contribution is 2.05. The summed E-state index contributed by atoms with van der Waals surface area (Å²) in [6.07, 6.45) is 3.99. The third-order valence-corrected chi connectivity index (χ3v) is 2.80. The maximum Gasteiger partial charge on any atom is 0.322 e. The van der Waals surface area contributed by atoms with Crippen LogP contribution in [-0.4, -0.2) is 37.7 Å². The molecule has 0 rings (SSSR count). The van der Waals surface area contributed by atoms with E-state index in [0.29, 0.717) is 5.92 Å². The van der Waals surface area contributed by atoms with E-state index in [0.717, 1.165) is 25.1 Å². The summed E-state index contributed by atoms with van der Waals surface area (Å²) in [7, 11) is 1.45. The van der Waals surface area contributed by atoms with E-state index in [9.17, 15) is 4.79 Å². The van der Waals surface area contributed by atoms with Crippen LogP contribution in [0.4, 0.5) is 0 Å². The standard InChI is InChI=1S/C11H23NO2S/c1-9(2)8-12-10(11(13)14-3)6-5-7-15-4/h9-10,12H,5-8H2,1-4H3. The summed E-state index contributed by atoms with van der Waals surface area (Å²) in [5.74, 6) is 1.51. The Hall–Kier alpha value is -0.220. The van der Waals surface area contributed by atoms with Crippen LogP contribution < -0.4 is 5.32 Å². The molecule has 1 N–H and O–H groups in total. The summed E-state index contributed by atoms with van der Waals surface area (Å²) in [5.41, 5.74) is 0. The van der Waals surface area contributed by atoms with Crippen molar-refractivity contribution >= 4 is 17.7 Å². The van der Waals surface area contributed by atoms with Crippen molar-refractivity contribution in [1.29, 1.82) is 0 Å². The van der Waals surface area contributed by atoms with Crippen LogP contribution in [0.2, 0.25) is 0 Å². The Labute approximate surface area is 97.3 Å². The minimum Gasteiger partial charge on any atom is -0.468 e. The third kappa shape index (κ3) is 7.68. The van der Waals surface area contributed by atoms with Crippen LogP contribution in [0.3, 0.4) is 0 Å². The van der Waals surface area contributed by atoms with Crippen molar-refractivity contribution in [3.05, 3.63) is 0 Å². The molecule has 0 fully saturated rings. The molecular weight excluding hydrogens is 210 g/mol. The first kappa shape index (κ1) is 14.8. The largest absolute Gasteiger partial charge is 0.468 e. The predicted octanol–water partition coefficient (Wildman–Crippen LogP) is 1.92. The number of nitrogens with one attached hydrogen (secondary N) is 1. The number of esters is 1. The number of carbonyl (C=O) groups is 1. The van der Waals surface area contributed by atoms with Crippen LogP contribution in [0.25, 0.3) is 0 Å². The lowest BCUT2D eigenvalue weighted by Gasteiger charge is -2.17. The Bertz CT molecular complexity index is 174. The lowest BCUT2D eigenvalue weighted by Crippen LogP contribution is -2.39. The van der Waals surface area contributed by atoms with Gasteiger partial charge in [0.25, 0.3) is 0 Å². The van der Waals surface area contributed by atoms with Gasteiger partial charge in [0, 0.05) is 0 Å². The molecule has 0 aliphatic rings. The van der Waals surface area contributed by atoms with E-state index in [2.05, 4.69) is 25.4 Å². The van der Waals surface area contributed by atoms with Gasteiger partial charge in [0.15, 0.2) is 0 Å². The van der Waals surface area contributed by atoms with Gasteiger partial charge in [-0.2, -0.15) is 11.8 Å². The van der Waals surface area contributed by atoms with Crippen molar-refractivity contribution in [2.45, 2.75) is 32.7 Å². The molecule has 0 saturated heterocycles. The molecule has 1 atom stereocenters. The van der Waals surface area contributed by atoms with Gasteiger partial charge in [0.2, 0.25) is 0 Å². The number of hydrogen-bond acceptors (Lipinski definition) is 4. The first-order valence-electron chi connectivity index (χ1n) is 5.42.